The molecule has 0 bridgehead atoms. The SMILES string of the molecule is [CH2]c1ccc(C(=O)[C@H](CCCNC(N)=O)NC(=O)[C@@H](N)C(C)C)cc1. The second kappa shape index (κ2) is 9.78. The second-order valence-electron chi connectivity index (χ2n) is 6.33. The summed E-state index contributed by atoms with van der Waals surface area (Å²) in [4.78, 5) is 35.7. The number of nitrogens with one attached hydrogen (secondary N) is 2. The summed E-state index contributed by atoms with van der Waals surface area (Å²) in [6, 6.07) is 4.78. The molecular formula is C18H27N4O3. The smallest absolute Gasteiger partial charge is 0.312 e. The van der Waals surface area contributed by atoms with Crippen molar-refractivity contribution in [3.05, 3.63) is 42.3 Å². The van der Waals surface area contributed by atoms with Crippen LogP contribution < -0.4 is 22.1 Å². The predicted molar refractivity (Wildman–Crippen MR) is 96.8 cm³/mol. The Morgan fingerprint density at radius 3 is 2.28 bits per heavy atom. The molecule has 1 rings (SSSR count). The lowest BCUT2D eigenvalue weighted by Gasteiger charge is -2.22. The summed E-state index contributed by atoms with van der Waals surface area (Å²) >= 11 is 0. The molecule has 0 fully saturated rings. The minimum absolute atomic E-state index is 0.0438. The molecule has 0 spiro atoms. The fourth-order valence-corrected chi connectivity index (χ4v) is 2.23. The average Bonchev–Trinajstić information content (AvgIpc) is 2.56. The Bertz CT molecular complexity index is 599. The van der Waals surface area contributed by atoms with Crippen LogP contribution in [0, 0.1) is 12.8 Å². The van der Waals surface area contributed by atoms with Crippen molar-refractivity contribution < 1.29 is 14.4 Å². The first kappa shape index (κ1) is 20.6. The van der Waals surface area contributed by atoms with E-state index in [0.717, 1.165) is 5.56 Å². The lowest BCUT2D eigenvalue weighted by Crippen LogP contribution is -2.50. The maximum absolute atomic E-state index is 12.7. The molecule has 25 heavy (non-hydrogen) atoms. The molecule has 0 aliphatic heterocycles. The molecule has 0 heterocycles. The number of hydrogen-bond acceptors (Lipinski definition) is 4. The maximum Gasteiger partial charge on any atom is 0.312 e. The van der Waals surface area contributed by atoms with Crippen molar-refractivity contribution in [2.45, 2.75) is 38.8 Å². The van der Waals surface area contributed by atoms with Crippen LogP contribution in [0.5, 0.6) is 0 Å². The summed E-state index contributed by atoms with van der Waals surface area (Å²) in [5.74, 6) is -0.619. The van der Waals surface area contributed by atoms with Crippen molar-refractivity contribution in [1.82, 2.24) is 10.6 Å². The van der Waals surface area contributed by atoms with Crippen LogP contribution in [0.25, 0.3) is 0 Å². The number of Topliss-reactive ketones (excluding diaryl/α,β-unsaturated/α-hetero) is 1. The van der Waals surface area contributed by atoms with Crippen LogP contribution in [0.1, 0.15) is 42.6 Å². The Balaban J connectivity index is 2.82. The first-order valence-corrected chi connectivity index (χ1v) is 8.28. The number of benzene rings is 1. The summed E-state index contributed by atoms with van der Waals surface area (Å²) in [6.45, 7) is 7.78. The molecule has 7 nitrogen and oxygen atoms in total. The van der Waals surface area contributed by atoms with Crippen LogP contribution >= 0.6 is 0 Å². The van der Waals surface area contributed by atoms with Gasteiger partial charge in [0.05, 0.1) is 12.1 Å². The molecular weight excluding hydrogens is 320 g/mol. The van der Waals surface area contributed by atoms with E-state index in [1.807, 2.05) is 13.8 Å². The minimum Gasteiger partial charge on any atom is -0.352 e. The van der Waals surface area contributed by atoms with Crippen LogP contribution in [0.4, 0.5) is 4.79 Å². The predicted octanol–water partition coefficient (Wildman–Crippen LogP) is 0.968. The zero-order valence-corrected chi connectivity index (χ0v) is 14.7. The normalized spacial score (nSPS) is 13.2. The third-order valence-corrected chi connectivity index (χ3v) is 3.86. The van der Waals surface area contributed by atoms with E-state index in [0.29, 0.717) is 24.9 Å². The van der Waals surface area contributed by atoms with Gasteiger partial charge in [-0.05, 0) is 31.2 Å². The van der Waals surface area contributed by atoms with E-state index >= 15 is 0 Å². The number of rotatable bonds is 9. The van der Waals surface area contributed by atoms with Gasteiger partial charge < -0.3 is 22.1 Å². The molecule has 7 heteroatoms. The van der Waals surface area contributed by atoms with Crippen LogP contribution in [-0.4, -0.2) is 36.3 Å². The maximum atomic E-state index is 12.7. The monoisotopic (exact) mass is 347 g/mol. The topological polar surface area (TPSA) is 127 Å². The molecule has 1 aromatic rings. The molecule has 0 saturated carbocycles. The molecule has 3 amide bonds. The molecule has 137 valence electrons. The summed E-state index contributed by atoms with van der Waals surface area (Å²) < 4.78 is 0. The standard InChI is InChI=1S/C18H27N4O3/c1-11(2)15(19)17(24)22-14(5-4-10-21-18(20)25)16(23)13-8-6-12(3)7-9-13/h6-9,11,14-15H,3-5,10,19H2,1-2H3,(H,22,24)(H3,20,21,25)/t14-,15-/m0/s1. The Hall–Kier alpha value is -2.41. The molecule has 1 radical (unpaired) electrons. The molecule has 0 aliphatic carbocycles. The van der Waals surface area contributed by atoms with Gasteiger partial charge in [-0.1, -0.05) is 38.1 Å². The van der Waals surface area contributed by atoms with Crippen molar-refractivity contribution >= 4 is 17.7 Å². The van der Waals surface area contributed by atoms with Crippen LogP contribution in [-0.2, 0) is 4.79 Å². The van der Waals surface area contributed by atoms with E-state index in [1.165, 1.54) is 0 Å². The van der Waals surface area contributed by atoms with Gasteiger partial charge in [-0.15, -0.1) is 0 Å². The highest BCUT2D eigenvalue weighted by Crippen LogP contribution is 2.11. The Morgan fingerprint density at radius 2 is 1.76 bits per heavy atom. The highest BCUT2D eigenvalue weighted by Gasteiger charge is 2.25. The largest absolute Gasteiger partial charge is 0.352 e. The number of ketones is 1. The van der Waals surface area contributed by atoms with Gasteiger partial charge in [-0.25, -0.2) is 4.79 Å². The van der Waals surface area contributed by atoms with Crippen molar-refractivity contribution in [2.75, 3.05) is 6.54 Å². The van der Waals surface area contributed by atoms with Gasteiger partial charge in [0.1, 0.15) is 0 Å². The van der Waals surface area contributed by atoms with Crippen LogP contribution in [0.3, 0.4) is 0 Å². The number of amides is 3. The van der Waals surface area contributed by atoms with Gasteiger partial charge in [0.2, 0.25) is 5.91 Å². The lowest BCUT2D eigenvalue weighted by atomic mass is 9.97. The number of primary amides is 1. The zero-order valence-electron chi connectivity index (χ0n) is 14.7. The van der Waals surface area contributed by atoms with Crippen molar-refractivity contribution in [1.29, 1.82) is 0 Å². The van der Waals surface area contributed by atoms with Crippen LogP contribution in [0.2, 0.25) is 0 Å². The van der Waals surface area contributed by atoms with E-state index in [1.54, 1.807) is 24.3 Å². The number of carbonyl (C=O) groups excluding carboxylic acids is 3. The third-order valence-electron chi connectivity index (χ3n) is 3.86. The van der Waals surface area contributed by atoms with Crippen LogP contribution in [0.15, 0.2) is 24.3 Å². The molecule has 0 saturated heterocycles. The van der Waals surface area contributed by atoms with Gasteiger partial charge >= 0.3 is 6.03 Å². The number of nitrogens with two attached hydrogens (primary N) is 2. The summed E-state index contributed by atoms with van der Waals surface area (Å²) in [5.41, 5.74) is 12.2. The fourth-order valence-electron chi connectivity index (χ4n) is 2.23. The fraction of sp³-hybridized carbons (Fsp3) is 0.444. The highest BCUT2D eigenvalue weighted by molar-refractivity contribution is 6.02. The van der Waals surface area contributed by atoms with Gasteiger partial charge in [-0.2, -0.15) is 0 Å². The van der Waals surface area contributed by atoms with Gasteiger partial charge in [0.15, 0.2) is 5.78 Å². The van der Waals surface area contributed by atoms with E-state index in [-0.39, 0.29) is 17.6 Å². The van der Waals surface area contributed by atoms with Crippen molar-refractivity contribution in [3.63, 3.8) is 0 Å². The van der Waals surface area contributed by atoms with E-state index in [2.05, 4.69) is 17.6 Å². The van der Waals surface area contributed by atoms with Gasteiger partial charge in [-0.3, -0.25) is 9.59 Å². The summed E-state index contributed by atoms with van der Waals surface area (Å²) in [7, 11) is 0. The first-order chi connectivity index (χ1) is 11.7. The molecule has 0 aliphatic rings. The highest BCUT2D eigenvalue weighted by atomic mass is 16.2. The Morgan fingerprint density at radius 1 is 1.16 bits per heavy atom. The molecule has 0 unspecified atom stereocenters. The van der Waals surface area contributed by atoms with Crippen molar-refractivity contribution in [2.24, 2.45) is 17.4 Å². The quantitative estimate of drug-likeness (QED) is 0.392. The molecule has 0 aromatic heterocycles. The Kier molecular flexibility index (Phi) is 8.07. The first-order valence-electron chi connectivity index (χ1n) is 8.28. The van der Waals surface area contributed by atoms with E-state index < -0.39 is 18.1 Å². The third kappa shape index (κ3) is 6.93. The zero-order chi connectivity index (χ0) is 19.0. The van der Waals surface area contributed by atoms with Gasteiger partial charge in [0, 0.05) is 12.1 Å². The Labute approximate surface area is 148 Å². The number of hydrogen-bond donors (Lipinski definition) is 4. The van der Waals surface area contributed by atoms with Crippen molar-refractivity contribution in [3.8, 4) is 0 Å². The lowest BCUT2D eigenvalue weighted by molar-refractivity contribution is -0.123. The molecule has 1 aromatic carbocycles. The summed E-state index contributed by atoms with van der Waals surface area (Å²) in [5, 5.41) is 5.19. The summed E-state index contributed by atoms with van der Waals surface area (Å²) in [6.07, 6.45) is 0.853. The second-order valence-corrected chi connectivity index (χ2v) is 6.33. The molecule has 6 N–H and O–H groups in total. The van der Waals surface area contributed by atoms with E-state index in [9.17, 15) is 14.4 Å². The average molecular weight is 347 g/mol. The number of carbonyl (C=O) groups is 3. The van der Waals surface area contributed by atoms with E-state index in [4.69, 9.17) is 11.5 Å². The molecule has 2 atom stereocenters. The minimum atomic E-state index is -0.720. The number of urea groups is 1. The van der Waals surface area contributed by atoms with Gasteiger partial charge in [0.25, 0.3) is 0 Å².